The minimum Gasteiger partial charge on any atom is -0.372 e. The summed E-state index contributed by atoms with van der Waals surface area (Å²) in [6, 6.07) is 5.29. The lowest BCUT2D eigenvalue weighted by Gasteiger charge is -2.23. The molecule has 1 rings (SSSR count). The summed E-state index contributed by atoms with van der Waals surface area (Å²) in [5.41, 5.74) is 8.02. The summed E-state index contributed by atoms with van der Waals surface area (Å²) in [4.78, 5) is 13.3. The fourth-order valence-corrected chi connectivity index (χ4v) is 2.01. The number of hydrogen-bond donors (Lipinski definition) is 2. The fraction of sp³-hybridized carbons (Fsp3) is 0.417. The van der Waals surface area contributed by atoms with Gasteiger partial charge in [-0.1, -0.05) is 12.8 Å². The average Bonchev–Trinajstić information content (AvgIpc) is 2.30. The first-order chi connectivity index (χ1) is 8.01. The Labute approximate surface area is 108 Å². The molecule has 0 bridgehead atoms. The van der Waals surface area contributed by atoms with Crippen LogP contribution >= 0.6 is 12.8 Å². The Morgan fingerprint density at radius 1 is 1.35 bits per heavy atom. The van der Waals surface area contributed by atoms with Crippen LogP contribution in [0.15, 0.2) is 18.2 Å². The van der Waals surface area contributed by atoms with Gasteiger partial charge in [-0.3, -0.25) is 0 Å². The Balaban J connectivity index is 3.05. The minimum atomic E-state index is -0.577. The molecule has 0 aromatic heterocycles. The molecular weight excluding hydrogens is 234 g/mol. The van der Waals surface area contributed by atoms with Crippen LogP contribution in [0.25, 0.3) is 0 Å². The predicted molar refractivity (Wildman–Crippen MR) is 75.8 cm³/mol. The number of nitrogens with zero attached hydrogens (tertiary/aromatic N) is 2. The third kappa shape index (κ3) is 3.06. The quantitative estimate of drug-likeness (QED) is 0.810. The number of anilines is 2. The van der Waals surface area contributed by atoms with Crippen LogP contribution in [0.4, 0.5) is 16.2 Å². The molecule has 0 aliphatic heterocycles. The monoisotopic (exact) mass is 253 g/mol. The number of rotatable bonds is 4. The van der Waals surface area contributed by atoms with Gasteiger partial charge >= 0.3 is 6.03 Å². The van der Waals surface area contributed by atoms with E-state index in [1.165, 1.54) is 0 Å². The SMILES string of the molecule is CCN(CC)c1ccc(N(S)C(N)=O)c(C)c1. The summed E-state index contributed by atoms with van der Waals surface area (Å²) in [6.07, 6.45) is 0. The lowest BCUT2D eigenvalue weighted by molar-refractivity contribution is 0.257. The zero-order valence-electron chi connectivity index (χ0n) is 10.5. The largest absolute Gasteiger partial charge is 0.372 e. The number of carbonyl (C=O) groups is 1. The zero-order valence-corrected chi connectivity index (χ0v) is 11.4. The second kappa shape index (κ2) is 5.82. The highest BCUT2D eigenvalue weighted by Crippen LogP contribution is 2.26. The lowest BCUT2D eigenvalue weighted by atomic mass is 10.1. The van der Waals surface area contributed by atoms with Crippen LogP contribution in [0, 0.1) is 6.92 Å². The predicted octanol–water partition coefficient (Wildman–Crippen LogP) is 2.57. The first-order valence-corrected chi connectivity index (χ1v) is 6.05. The first kappa shape index (κ1) is 13.7. The summed E-state index contributed by atoms with van der Waals surface area (Å²) in [5, 5.41) is 0. The molecule has 4 nitrogen and oxygen atoms in total. The molecule has 1 aromatic rings. The maximum absolute atomic E-state index is 11.0. The third-order valence-electron chi connectivity index (χ3n) is 2.75. The van der Waals surface area contributed by atoms with Crippen molar-refractivity contribution in [2.75, 3.05) is 22.3 Å². The van der Waals surface area contributed by atoms with Gasteiger partial charge in [0.05, 0.1) is 5.69 Å². The van der Waals surface area contributed by atoms with E-state index >= 15 is 0 Å². The summed E-state index contributed by atoms with van der Waals surface area (Å²) < 4.78 is 1.15. The third-order valence-corrected chi connectivity index (χ3v) is 3.16. The van der Waals surface area contributed by atoms with Gasteiger partial charge in [-0.2, -0.15) is 0 Å². The van der Waals surface area contributed by atoms with Crippen molar-refractivity contribution in [3.8, 4) is 0 Å². The van der Waals surface area contributed by atoms with Gasteiger partial charge in [0.2, 0.25) is 0 Å². The second-order valence-electron chi connectivity index (χ2n) is 3.79. The van der Waals surface area contributed by atoms with Gasteiger partial charge in [-0.15, -0.1) is 0 Å². The van der Waals surface area contributed by atoms with Gasteiger partial charge in [-0.05, 0) is 44.5 Å². The number of amides is 2. The van der Waals surface area contributed by atoms with E-state index < -0.39 is 6.03 Å². The van der Waals surface area contributed by atoms with E-state index in [1.54, 1.807) is 0 Å². The molecule has 0 spiro atoms. The van der Waals surface area contributed by atoms with Crippen LogP contribution < -0.4 is 14.9 Å². The van der Waals surface area contributed by atoms with Crippen LogP contribution in [0.1, 0.15) is 19.4 Å². The first-order valence-electron chi connectivity index (χ1n) is 5.65. The summed E-state index contributed by atoms with van der Waals surface area (Å²) in [7, 11) is 0. The Kier molecular flexibility index (Phi) is 4.69. The van der Waals surface area contributed by atoms with E-state index in [1.807, 2.05) is 25.1 Å². The molecule has 0 saturated carbocycles. The highest BCUT2D eigenvalue weighted by Gasteiger charge is 2.12. The van der Waals surface area contributed by atoms with Gasteiger partial charge in [-0.25, -0.2) is 9.10 Å². The molecule has 17 heavy (non-hydrogen) atoms. The average molecular weight is 253 g/mol. The Bertz CT molecular complexity index is 405. The molecular formula is C12H19N3OS. The molecule has 94 valence electrons. The van der Waals surface area contributed by atoms with E-state index in [2.05, 4.69) is 31.6 Å². The molecule has 0 atom stereocenters. The molecule has 0 saturated heterocycles. The minimum absolute atomic E-state index is 0.577. The number of aryl methyl sites for hydroxylation is 1. The van der Waals surface area contributed by atoms with Crippen molar-refractivity contribution in [1.29, 1.82) is 0 Å². The number of hydrogen-bond acceptors (Lipinski definition) is 3. The maximum Gasteiger partial charge on any atom is 0.329 e. The molecule has 0 heterocycles. The molecule has 0 aliphatic carbocycles. The Morgan fingerprint density at radius 2 is 1.94 bits per heavy atom. The highest BCUT2D eigenvalue weighted by atomic mass is 32.1. The van der Waals surface area contributed by atoms with E-state index in [9.17, 15) is 4.79 Å². The molecule has 5 heteroatoms. The van der Waals surface area contributed by atoms with Crippen LogP contribution in [-0.2, 0) is 0 Å². The van der Waals surface area contributed by atoms with Gasteiger partial charge in [0.1, 0.15) is 0 Å². The summed E-state index contributed by atoms with van der Waals surface area (Å²) in [6.45, 7) is 8.07. The molecule has 0 radical (unpaired) electrons. The molecule has 0 unspecified atom stereocenters. The summed E-state index contributed by atoms with van der Waals surface area (Å²) in [5.74, 6) is 0. The zero-order chi connectivity index (χ0) is 13.0. The van der Waals surface area contributed by atoms with Crippen molar-refractivity contribution in [2.45, 2.75) is 20.8 Å². The Morgan fingerprint density at radius 3 is 2.35 bits per heavy atom. The molecule has 0 fully saturated rings. The maximum atomic E-state index is 11.0. The standard InChI is InChI=1S/C12H19N3OS/c1-4-14(5-2)10-6-7-11(9(3)8-10)15(17)12(13)16/h6-8,17H,4-5H2,1-3H3,(H2,13,16). The number of urea groups is 1. The number of carbonyl (C=O) groups excluding carboxylic acids is 1. The van der Waals surface area contributed by atoms with Crippen LogP contribution in [0.2, 0.25) is 0 Å². The molecule has 2 amide bonds. The summed E-state index contributed by atoms with van der Waals surface area (Å²) >= 11 is 4.06. The number of thiol groups is 1. The van der Waals surface area contributed by atoms with Crippen molar-refractivity contribution >= 4 is 30.2 Å². The van der Waals surface area contributed by atoms with Crippen molar-refractivity contribution in [2.24, 2.45) is 5.73 Å². The van der Waals surface area contributed by atoms with E-state index in [-0.39, 0.29) is 0 Å². The van der Waals surface area contributed by atoms with Crippen LogP contribution in [-0.4, -0.2) is 19.1 Å². The van der Waals surface area contributed by atoms with Crippen molar-refractivity contribution in [3.05, 3.63) is 23.8 Å². The smallest absolute Gasteiger partial charge is 0.329 e. The van der Waals surface area contributed by atoms with Crippen molar-refractivity contribution in [3.63, 3.8) is 0 Å². The molecule has 2 N–H and O–H groups in total. The fourth-order valence-electron chi connectivity index (χ4n) is 1.78. The van der Waals surface area contributed by atoms with Crippen LogP contribution in [0.5, 0.6) is 0 Å². The highest BCUT2D eigenvalue weighted by molar-refractivity contribution is 7.82. The normalized spacial score (nSPS) is 10.1. The number of nitrogens with two attached hydrogens (primary N) is 1. The van der Waals surface area contributed by atoms with Crippen molar-refractivity contribution < 1.29 is 4.79 Å². The van der Waals surface area contributed by atoms with Crippen LogP contribution in [0.3, 0.4) is 0 Å². The lowest BCUT2D eigenvalue weighted by Crippen LogP contribution is -2.28. The van der Waals surface area contributed by atoms with Gasteiger partial charge in [0.15, 0.2) is 0 Å². The van der Waals surface area contributed by atoms with Gasteiger partial charge in [0.25, 0.3) is 0 Å². The van der Waals surface area contributed by atoms with E-state index in [0.29, 0.717) is 0 Å². The van der Waals surface area contributed by atoms with E-state index in [0.717, 1.165) is 34.3 Å². The Hall–Kier alpha value is -1.36. The van der Waals surface area contributed by atoms with Gasteiger partial charge in [0, 0.05) is 18.8 Å². The topological polar surface area (TPSA) is 49.6 Å². The molecule has 0 aliphatic rings. The number of primary amides is 1. The number of benzene rings is 1. The van der Waals surface area contributed by atoms with E-state index in [4.69, 9.17) is 5.73 Å². The van der Waals surface area contributed by atoms with Crippen molar-refractivity contribution in [1.82, 2.24) is 0 Å². The second-order valence-corrected chi connectivity index (χ2v) is 4.19. The van der Waals surface area contributed by atoms with Gasteiger partial charge < -0.3 is 10.6 Å². The molecule has 1 aromatic carbocycles.